The molecule has 1 aliphatic heterocycles. The Hall–Kier alpha value is -1.51. The molecule has 1 heterocycles. The first-order valence-corrected chi connectivity index (χ1v) is 8.00. The molecule has 1 fully saturated rings. The molecule has 2 N–H and O–H groups in total. The van der Waals surface area contributed by atoms with Crippen LogP contribution in [0.3, 0.4) is 0 Å². The Morgan fingerprint density at radius 3 is 2.81 bits per heavy atom. The maximum Gasteiger partial charge on any atom is 0.235 e. The molecule has 1 amide bonds. The van der Waals surface area contributed by atoms with E-state index in [1.54, 1.807) is 0 Å². The van der Waals surface area contributed by atoms with E-state index in [0.29, 0.717) is 5.56 Å². The molecule has 1 saturated heterocycles. The largest absolute Gasteiger partial charge is 0.380 e. The number of nitrogens with zero attached hydrogens (tertiary/aromatic N) is 1. The monoisotopic (exact) mass is 316 g/mol. The maximum atomic E-state index is 13.1. The highest BCUT2D eigenvalue weighted by Gasteiger charge is 2.42. The summed E-state index contributed by atoms with van der Waals surface area (Å²) in [5.41, 5.74) is 5.58. The Kier molecular flexibility index (Phi) is 4.60. The number of primary amides is 1. The number of hydrogen-bond acceptors (Lipinski definition) is 4. The van der Waals surface area contributed by atoms with E-state index in [1.807, 2.05) is 0 Å². The smallest absolute Gasteiger partial charge is 0.235 e. The minimum atomic E-state index is -3.78. The normalized spacial score (nSPS) is 23.3. The molecule has 2 rings (SSSR count). The van der Waals surface area contributed by atoms with Crippen LogP contribution in [0.1, 0.15) is 12.0 Å². The first kappa shape index (κ1) is 15.9. The van der Waals surface area contributed by atoms with Gasteiger partial charge in [0.05, 0.1) is 11.9 Å². The van der Waals surface area contributed by atoms with E-state index >= 15 is 0 Å². The number of sulfonamides is 1. The Morgan fingerprint density at radius 1 is 1.52 bits per heavy atom. The molecule has 0 radical (unpaired) electrons. The summed E-state index contributed by atoms with van der Waals surface area (Å²) in [6.07, 6.45) is -0.140. The predicted molar refractivity (Wildman–Crippen MR) is 74.1 cm³/mol. The molecule has 6 nitrogen and oxygen atoms in total. The lowest BCUT2D eigenvalue weighted by Gasteiger charge is -2.21. The minimum absolute atomic E-state index is 0.0712. The fraction of sp³-hybridized carbons (Fsp3) is 0.462. The van der Waals surface area contributed by atoms with Crippen LogP contribution in [0.25, 0.3) is 0 Å². The molecule has 0 saturated carbocycles. The Bertz CT molecular complexity index is 635. The van der Waals surface area contributed by atoms with Crippen molar-refractivity contribution in [1.29, 1.82) is 0 Å². The lowest BCUT2D eigenvalue weighted by atomic mass is 10.2. The second-order valence-electron chi connectivity index (χ2n) is 4.97. The van der Waals surface area contributed by atoms with Crippen LogP contribution in [0.4, 0.5) is 4.39 Å². The summed E-state index contributed by atoms with van der Waals surface area (Å²) in [6.45, 7) is 0.0712. The fourth-order valence-corrected chi connectivity index (χ4v) is 4.16. The van der Waals surface area contributed by atoms with Gasteiger partial charge in [-0.15, -0.1) is 0 Å². The number of carbonyl (C=O) groups is 1. The quantitative estimate of drug-likeness (QED) is 0.842. The Balaban J connectivity index is 2.23. The van der Waals surface area contributed by atoms with Crippen molar-refractivity contribution in [2.75, 3.05) is 13.7 Å². The third kappa shape index (κ3) is 3.58. The van der Waals surface area contributed by atoms with Gasteiger partial charge < -0.3 is 10.5 Å². The molecule has 0 aliphatic carbocycles. The van der Waals surface area contributed by atoms with Crippen LogP contribution < -0.4 is 5.73 Å². The van der Waals surface area contributed by atoms with E-state index in [1.165, 1.54) is 25.3 Å². The number of amides is 1. The molecule has 0 unspecified atom stereocenters. The van der Waals surface area contributed by atoms with Crippen LogP contribution in [0.2, 0.25) is 0 Å². The predicted octanol–water partition coefficient (Wildman–Crippen LogP) is 0.230. The average molecular weight is 316 g/mol. The van der Waals surface area contributed by atoms with Gasteiger partial charge in [-0.05, 0) is 17.7 Å². The highest BCUT2D eigenvalue weighted by molar-refractivity contribution is 7.88. The number of ether oxygens (including phenoxy) is 1. The summed E-state index contributed by atoms with van der Waals surface area (Å²) in [5, 5.41) is 0. The summed E-state index contributed by atoms with van der Waals surface area (Å²) in [6, 6.07) is 4.42. The van der Waals surface area contributed by atoms with Gasteiger partial charge in [-0.2, -0.15) is 4.31 Å². The fourth-order valence-electron chi connectivity index (χ4n) is 2.43. The van der Waals surface area contributed by atoms with Gasteiger partial charge in [0, 0.05) is 20.1 Å². The molecule has 8 heteroatoms. The van der Waals surface area contributed by atoms with Gasteiger partial charge in [0.1, 0.15) is 11.9 Å². The third-order valence-electron chi connectivity index (χ3n) is 3.47. The van der Waals surface area contributed by atoms with E-state index in [-0.39, 0.29) is 24.8 Å². The zero-order valence-corrected chi connectivity index (χ0v) is 12.3. The summed E-state index contributed by atoms with van der Waals surface area (Å²) < 4.78 is 44.2. The first-order valence-electron chi connectivity index (χ1n) is 6.39. The van der Waals surface area contributed by atoms with Gasteiger partial charge in [-0.1, -0.05) is 12.1 Å². The number of hydrogen-bond donors (Lipinski definition) is 1. The van der Waals surface area contributed by atoms with Crippen LogP contribution in [-0.4, -0.2) is 44.4 Å². The molecule has 1 aromatic carbocycles. The van der Waals surface area contributed by atoms with Gasteiger partial charge in [0.2, 0.25) is 15.9 Å². The topological polar surface area (TPSA) is 89.7 Å². The molecule has 1 aliphatic rings. The molecular formula is C13H17FN2O4S. The van der Waals surface area contributed by atoms with Crippen LogP contribution >= 0.6 is 0 Å². The van der Waals surface area contributed by atoms with Gasteiger partial charge in [0.15, 0.2) is 0 Å². The summed E-state index contributed by atoms with van der Waals surface area (Å²) in [5.74, 6) is -1.60. The van der Waals surface area contributed by atoms with Crippen molar-refractivity contribution in [3.05, 3.63) is 35.6 Å². The van der Waals surface area contributed by atoms with Crippen LogP contribution in [0.15, 0.2) is 24.3 Å². The lowest BCUT2D eigenvalue weighted by molar-refractivity contribution is -0.121. The van der Waals surface area contributed by atoms with Crippen molar-refractivity contribution in [1.82, 2.24) is 4.31 Å². The zero-order valence-electron chi connectivity index (χ0n) is 11.5. The lowest BCUT2D eigenvalue weighted by Crippen LogP contribution is -2.44. The van der Waals surface area contributed by atoms with E-state index in [0.717, 1.165) is 10.4 Å². The number of nitrogens with two attached hydrogens (primary N) is 1. The third-order valence-corrected chi connectivity index (χ3v) is 5.29. The number of benzene rings is 1. The molecule has 0 spiro atoms. The van der Waals surface area contributed by atoms with Crippen molar-refractivity contribution in [3.63, 3.8) is 0 Å². The molecule has 0 bridgehead atoms. The minimum Gasteiger partial charge on any atom is -0.380 e. The summed E-state index contributed by atoms with van der Waals surface area (Å²) in [7, 11) is -2.33. The van der Waals surface area contributed by atoms with E-state index < -0.39 is 27.8 Å². The zero-order chi connectivity index (χ0) is 15.6. The van der Waals surface area contributed by atoms with Gasteiger partial charge in [0.25, 0.3) is 0 Å². The van der Waals surface area contributed by atoms with Crippen molar-refractivity contribution < 1.29 is 22.3 Å². The van der Waals surface area contributed by atoms with E-state index in [4.69, 9.17) is 10.5 Å². The Labute approximate surface area is 122 Å². The molecule has 0 aromatic heterocycles. The van der Waals surface area contributed by atoms with E-state index in [9.17, 15) is 17.6 Å². The second-order valence-corrected chi connectivity index (χ2v) is 6.89. The summed E-state index contributed by atoms with van der Waals surface area (Å²) in [4.78, 5) is 11.4. The molecule has 116 valence electrons. The first-order chi connectivity index (χ1) is 9.83. The molecule has 21 heavy (non-hydrogen) atoms. The number of carbonyl (C=O) groups excluding carboxylic acids is 1. The highest BCUT2D eigenvalue weighted by Crippen LogP contribution is 2.25. The molecular weight excluding hydrogens is 299 g/mol. The standard InChI is InChI=1S/C13H17FN2O4S/c1-20-11-6-12(13(15)17)16(7-11)21(18,19)8-9-3-2-4-10(14)5-9/h2-5,11-12H,6-8H2,1H3,(H2,15,17)/t11-,12-/m0/s1. The number of methoxy groups -OCH3 is 1. The summed E-state index contributed by atoms with van der Waals surface area (Å²) >= 11 is 0. The van der Waals surface area contributed by atoms with Crippen molar-refractivity contribution in [2.24, 2.45) is 5.73 Å². The van der Waals surface area contributed by atoms with Crippen molar-refractivity contribution >= 4 is 15.9 Å². The average Bonchev–Trinajstić information content (AvgIpc) is 2.83. The van der Waals surface area contributed by atoms with Crippen molar-refractivity contribution in [2.45, 2.75) is 24.3 Å². The highest BCUT2D eigenvalue weighted by atomic mass is 32.2. The maximum absolute atomic E-state index is 13.1. The van der Waals surface area contributed by atoms with Crippen LogP contribution in [0, 0.1) is 5.82 Å². The van der Waals surface area contributed by atoms with Crippen LogP contribution in [-0.2, 0) is 25.3 Å². The van der Waals surface area contributed by atoms with Gasteiger partial charge in [-0.3, -0.25) is 4.79 Å². The second kappa shape index (κ2) is 6.08. The number of rotatable bonds is 5. The molecule has 1 aromatic rings. The van der Waals surface area contributed by atoms with Crippen LogP contribution in [0.5, 0.6) is 0 Å². The number of halogens is 1. The SMILES string of the molecule is CO[C@H]1C[C@@H](C(N)=O)N(S(=O)(=O)Cc2cccc(F)c2)C1. The van der Waals surface area contributed by atoms with Gasteiger partial charge in [-0.25, -0.2) is 12.8 Å². The van der Waals surface area contributed by atoms with Crippen molar-refractivity contribution in [3.8, 4) is 0 Å². The molecule has 2 atom stereocenters. The Morgan fingerprint density at radius 2 is 2.24 bits per heavy atom. The van der Waals surface area contributed by atoms with Gasteiger partial charge >= 0.3 is 0 Å². The van der Waals surface area contributed by atoms with E-state index in [2.05, 4.69) is 0 Å².